The van der Waals surface area contributed by atoms with Crippen molar-refractivity contribution in [2.75, 3.05) is 13.2 Å². The zero-order valence-electron chi connectivity index (χ0n) is 18.0. The average molecular weight is 432 g/mol. The Morgan fingerprint density at radius 2 is 1.91 bits per heavy atom. The highest BCUT2D eigenvalue weighted by atomic mass is 19.1. The summed E-state index contributed by atoms with van der Waals surface area (Å²) in [5, 5.41) is 8.64. The number of hydrogen-bond donors (Lipinski definition) is 0. The van der Waals surface area contributed by atoms with Gasteiger partial charge in [0.1, 0.15) is 11.6 Å². The summed E-state index contributed by atoms with van der Waals surface area (Å²) in [4.78, 5) is 13.5. The highest BCUT2D eigenvalue weighted by Gasteiger charge is 2.23. The Labute approximate surface area is 185 Å². The molecule has 2 aromatic heterocycles. The summed E-state index contributed by atoms with van der Waals surface area (Å²) in [6.45, 7) is 3.71. The Kier molecular flexibility index (Phi) is 5.57. The third kappa shape index (κ3) is 3.96. The number of fused-ring (bicyclic) bond motifs is 1. The maximum Gasteiger partial charge on any atom is 0.296 e. The van der Waals surface area contributed by atoms with Gasteiger partial charge in [-0.15, -0.1) is 10.2 Å². The standard InChI is InChI=1S/C25H25FN4O2/c1-17-5-2-3-7-20(17)14-22-16-30-23(19-9-11-32-12-10-19)27-28-24(30)25(31)29(22)15-18-6-4-8-21(26)13-18/h2-8,13,16,19H,9-12,14-15H2,1H3. The molecule has 1 saturated heterocycles. The summed E-state index contributed by atoms with van der Waals surface area (Å²) >= 11 is 0. The molecule has 0 atom stereocenters. The van der Waals surface area contributed by atoms with Crippen molar-refractivity contribution >= 4 is 5.65 Å². The van der Waals surface area contributed by atoms with Crippen molar-refractivity contribution < 1.29 is 9.13 Å². The van der Waals surface area contributed by atoms with Crippen LogP contribution in [0.4, 0.5) is 4.39 Å². The minimum Gasteiger partial charge on any atom is -0.381 e. The molecular weight excluding hydrogens is 407 g/mol. The number of benzene rings is 2. The van der Waals surface area contributed by atoms with Crippen molar-refractivity contribution in [2.24, 2.45) is 0 Å². The van der Waals surface area contributed by atoms with Crippen molar-refractivity contribution in [1.82, 2.24) is 19.2 Å². The van der Waals surface area contributed by atoms with Crippen molar-refractivity contribution in [3.8, 4) is 0 Å². The highest BCUT2D eigenvalue weighted by Crippen LogP contribution is 2.26. The summed E-state index contributed by atoms with van der Waals surface area (Å²) in [6.07, 6.45) is 4.28. The Balaban J connectivity index is 1.65. The van der Waals surface area contributed by atoms with Crippen LogP contribution in [0.15, 0.2) is 59.5 Å². The molecule has 32 heavy (non-hydrogen) atoms. The molecule has 5 rings (SSSR count). The molecule has 0 aliphatic carbocycles. The Bertz CT molecular complexity index is 1320. The zero-order chi connectivity index (χ0) is 22.1. The lowest BCUT2D eigenvalue weighted by Crippen LogP contribution is -2.27. The fraction of sp³-hybridized carbons (Fsp3) is 0.320. The summed E-state index contributed by atoms with van der Waals surface area (Å²) in [5.41, 5.74) is 3.95. The van der Waals surface area contributed by atoms with E-state index in [1.807, 2.05) is 28.8 Å². The third-order valence-electron chi connectivity index (χ3n) is 6.23. The van der Waals surface area contributed by atoms with Gasteiger partial charge in [0.2, 0.25) is 5.65 Å². The number of ether oxygens (including phenoxy) is 1. The molecule has 0 unspecified atom stereocenters. The van der Waals surface area contributed by atoms with E-state index in [0.717, 1.165) is 41.1 Å². The predicted molar refractivity (Wildman–Crippen MR) is 120 cm³/mol. The number of halogens is 1. The van der Waals surface area contributed by atoms with Gasteiger partial charge in [0, 0.05) is 37.4 Å². The molecule has 0 radical (unpaired) electrons. The van der Waals surface area contributed by atoms with Crippen LogP contribution in [0.25, 0.3) is 5.65 Å². The largest absolute Gasteiger partial charge is 0.381 e. The van der Waals surface area contributed by atoms with E-state index in [-0.39, 0.29) is 23.8 Å². The SMILES string of the molecule is Cc1ccccc1Cc1cn2c(C3CCOCC3)nnc2c(=O)n1Cc1cccc(F)c1. The van der Waals surface area contributed by atoms with Crippen LogP contribution in [0.1, 0.15) is 47.0 Å². The molecule has 1 fully saturated rings. The van der Waals surface area contributed by atoms with Crippen LogP contribution < -0.4 is 5.56 Å². The molecule has 1 aliphatic heterocycles. The normalized spacial score (nSPS) is 14.8. The smallest absolute Gasteiger partial charge is 0.296 e. The molecule has 0 bridgehead atoms. The molecule has 0 amide bonds. The van der Waals surface area contributed by atoms with Crippen molar-refractivity contribution in [3.63, 3.8) is 0 Å². The first-order valence-corrected chi connectivity index (χ1v) is 10.9. The molecule has 6 nitrogen and oxygen atoms in total. The molecular formula is C25H25FN4O2. The van der Waals surface area contributed by atoms with Crippen molar-refractivity contribution in [1.29, 1.82) is 0 Å². The molecule has 164 valence electrons. The van der Waals surface area contributed by atoms with E-state index in [9.17, 15) is 9.18 Å². The second kappa shape index (κ2) is 8.67. The number of nitrogens with zero attached hydrogens (tertiary/aromatic N) is 4. The first kappa shape index (κ1) is 20.6. The number of rotatable bonds is 5. The maximum absolute atomic E-state index is 13.8. The first-order chi connectivity index (χ1) is 15.6. The van der Waals surface area contributed by atoms with Crippen LogP contribution >= 0.6 is 0 Å². The van der Waals surface area contributed by atoms with Gasteiger partial charge in [-0.25, -0.2) is 4.39 Å². The van der Waals surface area contributed by atoms with Gasteiger partial charge >= 0.3 is 0 Å². The van der Waals surface area contributed by atoms with Crippen LogP contribution in [-0.4, -0.2) is 32.4 Å². The van der Waals surface area contributed by atoms with Gasteiger partial charge in [-0.05, 0) is 48.6 Å². The Hall–Kier alpha value is -3.32. The van der Waals surface area contributed by atoms with Crippen LogP contribution in [0.5, 0.6) is 0 Å². The van der Waals surface area contributed by atoms with Gasteiger partial charge in [0.25, 0.3) is 5.56 Å². The minimum absolute atomic E-state index is 0.212. The molecule has 0 spiro atoms. The summed E-state index contributed by atoms with van der Waals surface area (Å²) in [6, 6.07) is 14.5. The lowest BCUT2D eigenvalue weighted by Gasteiger charge is -2.21. The van der Waals surface area contributed by atoms with E-state index in [4.69, 9.17) is 4.74 Å². The van der Waals surface area contributed by atoms with Gasteiger partial charge in [-0.2, -0.15) is 0 Å². The molecule has 3 heterocycles. The van der Waals surface area contributed by atoms with Gasteiger partial charge in [-0.1, -0.05) is 36.4 Å². The van der Waals surface area contributed by atoms with Gasteiger partial charge in [0.15, 0.2) is 0 Å². The molecule has 0 N–H and O–H groups in total. The van der Waals surface area contributed by atoms with Crippen LogP contribution in [-0.2, 0) is 17.7 Å². The summed E-state index contributed by atoms with van der Waals surface area (Å²) < 4.78 is 22.8. The number of aryl methyl sites for hydroxylation is 1. The lowest BCUT2D eigenvalue weighted by atomic mass is 9.99. The minimum atomic E-state index is -0.318. The fourth-order valence-corrected chi connectivity index (χ4v) is 4.42. The number of hydrogen-bond acceptors (Lipinski definition) is 4. The maximum atomic E-state index is 13.8. The topological polar surface area (TPSA) is 61.4 Å². The van der Waals surface area contributed by atoms with Gasteiger partial charge in [-0.3, -0.25) is 9.20 Å². The Morgan fingerprint density at radius 1 is 1.09 bits per heavy atom. The van der Waals surface area contributed by atoms with E-state index in [2.05, 4.69) is 29.3 Å². The van der Waals surface area contributed by atoms with Crippen molar-refractivity contribution in [2.45, 2.75) is 38.6 Å². The quantitative estimate of drug-likeness (QED) is 0.480. The summed E-state index contributed by atoms with van der Waals surface area (Å²) in [7, 11) is 0. The fourth-order valence-electron chi connectivity index (χ4n) is 4.42. The van der Waals surface area contributed by atoms with E-state index >= 15 is 0 Å². The van der Waals surface area contributed by atoms with E-state index in [1.54, 1.807) is 10.6 Å². The van der Waals surface area contributed by atoms with Crippen LogP contribution in [0.3, 0.4) is 0 Å². The van der Waals surface area contributed by atoms with Crippen molar-refractivity contribution in [3.05, 3.63) is 99.1 Å². The molecule has 7 heteroatoms. The first-order valence-electron chi connectivity index (χ1n) is 10.9. The second-order valence-electron chi connectivity index (χ2n) is 8.38. The van der Waals surface area contributed by atoms with Gasteiger partial charge in [0.05, 0.1) is 6.54 Å². The monoisotopic (exact) mass is 432 g/mol. The van der Waals surface area contributed by atoms with Crippen LogP contribution in [0, 0.1) is 12.7 Å². The summed E-state index contributed by atoms with van der Waals surface area (Å²) in [5.74, 6) is 0.703. The Morgan fingerprint density at radius 3 is 2.69 bits per heavy atom. The third-order valence-corrected chi connectivity index (χ3v) is 6.23. The second-order valence-corrected chi connectivity index (χ2v) is 8.38. The molecule has 4 aromatic rings. The molecule has 0 saturated carbocycles. The van der Waals surface area contributed by atoms with E-state index < -0.39 is 0 Å². The molecule has 1 aliphatic rings. The van der Waals surface area contributed by atoms with E-state index in [0.29, 0.717) is 25.3 Å². The average Bonchev–Trinajstić information content (AvgIpc) is 3.23. The highest BCUT2D eigenvalue weighted by molar-refractivity contribution is 5.39. The van der Waals surface area contributed by atoms with E-state index in [1.165, 1.54) is 12.1 Å². The number of aromatic nitrogens is 4. The predicted octanol–water partition coefficient (Wildman–Crippen LogP) is 3.87. The van der Waals surface area contributed by atoms with Gasteiger partial charge < -0.3 is 9.30 Å². The zero-order valence-corrected chi connectivity index (χ0v) is 18.0. The molecule has 2 aromatic carbocycles. The lowest BCUT2D eigenvalue weighted by molar-refractivity contribution is 0.0834. The van der Waals surface area contributed by atoms with Crippen LogP contribution in [0.2, 0.25) is 0 Å².